The second-order valence-electron chi connectivity index (χ2n) is 5.07. The molecular weight excluding hydrogens is 240 g/mol. The summed E-state index contributed by atoms with van der Waals surface area (Å²) in [6, 6.07) is 8.83. The van der Waals surface area contributed by atoms with Gasteiger partial charge in [0, 0.05) is 18.2 Å². The zero-order valence-electron chi connectivity index (χ0n) is 11.0. The van der Waals surface area contributed by atoms with E-state index in [1.54, 1.807) is 0 Å². The van der Waals surface area contributed by atoms with E-state index in [-0.39, 0.29) is 0 Å². The van der Waals surface area contributed by atoms with Crippen molar-refractivity contribution >= 4 is 0 Å². The molecular formula is C15H18N2O2. The van der Waals surface area contributed by atoms with Crippen molar-refractivity contribution < 1.29 is 9.63 Å². The molecule has 1 unspecified atom stereocenters. The predicted octanol–water partition coefficient (Wildman–Crippen LogP) is 2.29. The van der Waals surface area contributed by atoms with Crippen LogP contribution in [0.15, 0.2) is 35.1 Å². The number of aromatic nitrogens is 1. The highest BCUT2D eigenvalue weighted by molar-refractivity contribution is 5.34. The lowest BCUT2D eigenvalue weighted by atomic mass is 10.1. The van der Waals surface area contributed by atoms with Gasteiger partial charge in [-0.25, -0.2) is 0 Å². The molecule has 1 heterocycles. The number of benzene rings is 1. The van der Waals surface area contributed by atoms with Gasteiger partial charge in [0.05, 0.1) is 11.8 Å². The van der Waals surface area contributed by atoms with E-state index in [0.717, 1.165) is 24.1 Å². The highest BCUT2D eigenvalue weighted by atomic mass is 16.5. The monoisotopic (exact) mass is 258 g/mol. The Hall–Kier alpha value is -1.65. The zero-order chi connectivity index (χ0) is 13.2. The lowest BCUT2D eigenvalue weighted by molar-refractivity contribution is 0.168. The highest BCUT2D eigenvalue weighted by Crippen LogP contribution is 2.31. The summed E-state index contributed by atoms with van der Waals surface area (Å²) in [6.07, 6.45) is 3.15. The van der Waals surface area contributed by atoms with Gasteiger partial charge < -0.3 is 14.9 Å². The van der Waals surface area contributed by atoms with Crippen molar-refractivity contribution in [3.63, 3.8) is 0 Å². The molecule has 3 rings (SSSR count). The molecule has 2 atom stereocenters. The normalized spacial score (nSPS) is 19.4. The molecule has 19 heavy (non-hydrogen) atoms. The van der Waals surface area contributed by atoms with Gasteiger partial charge in [-0.05, 0) is 30.9 Å². The molecule has 2 aromatic rings. The Kier molecular flexibility index (Phi) is 3.36. The molecule has 100 valence electrons. The third kappa shape index (κ3) is 2.41. The quantitative estimate of drug-likeness (QED) is 0.883. The number of nitrogens with zero attached hydrogens (tertiary/aromatic N) is 1. The number of rotatable bonds is 4. The molecule has 0 aliphatic heterocycles. The van der Waals surface area contributed by atoms with Gasteiger partial charge in [-0.2, -0.15) is 0 Å². The summed E-state index contributed by atoms with van der Waals surface area (Å²) < 4.78 is 4.86. The number of aliphatic hydroxyl groups is 1. The fraction of sp³-hybridized carbons (Fsp3) is 0.400. The molecule has 0 fully saturated rings. The molecule has 1 aliphatic carbocycles. The predicted molar refractivity (Wildman–Crippen MR) is 71.7 cm³/mol. The Morgan fingerprint density at radius 3 is 3.11 bits per heavy atom. The lowest BCUT2D eigenvalue weighted by Gasteiger charge is -2.17. The molecule has 1 aromatic carbocycles. The van der Waals surface area contributed by atoms with Crippen LogP contribution in [-0.4, -0.2) is 16.8 Å². The second kappa shape index (κ2) is 5.15. The summed E-state index contributed by atoms with van der Waals surface area (Å²) in [5.74, 6) is 0. The molecule has 0 spiro atoms. The van der Waals surface area contributed by atoms with Gasteiger partial charge in [0.25, 0.3) is 0 Å². The van der Waals surface area contributed by atoms with Crippen molar-refractivity contribution in [3.8, 4) is 0 Å². The van der Waals surface area contributed by atoms with Crippen molar-refractivity contribution in [1.29, 1.82) is 0 Å². The minimum absolute atomic E-state index is 0.339. The molecule has 4 nitrogen and oxygen atoms in total. The van der Waals surface area contributed by atoms with Crippen molar-refractivity contribution in [2.45, 2.75) is 31.9 Å². The van der Waals surface area contributed by atoms with Gasteiger partial charge in [-0.1, -0.05) is 29.4 Å². The minimum atomic E-state index is -0.570. The van der Waals surface area contributed by atoms with Gasteiger partial charge in [0.15, 0.2) is 0 Å². The van der Waals surface area contributed by atoms with Crippen LogP contribution < -0.4 is 5.32 Å². The Morgan fingerprint density at radius 1 is 1.47 bits per heavy atom. The first-order chi connectivity index (χ1) is 9.25. The number of aliphatic hydroxyl groups excluding tert-OH is 1. The van der Waals surface area contributed by atoms with E-state index in [9.17, 15) is 5.11 Å². The third-order valence-electron chi connectivity index (χ3n) is 3.84. The Labute approximate surface area is 112 Å². The van der Waals surface area contributed by atoms with Crippen LogP contribution in [0.2, 0.25) is 0 Å². The van der Waals surface area contributed by atoms with Crippen molar-refractivity contribution in [2.24, 2.45) is 0 Å². The Morgan fingerprint density at radius 2 is 2.32 bits per heavy atom. The van der Waals surface area contributed by atoms with Crippen LogP contribution in [0.1, 0.15) is 41.0 Å². The fourth-order valence-corrected chi connectivity index (χ4v) is 2.75. The average Bonchev–Trinajstić information content (AvgIpc) is 3.02. The summed E-state index contributed by atoms with van der Waals surface area (Å²) in [4.78, 5) is 0. The van der Waals surface area contributed by atoms with Crippen molar-refractivity contribution in [1.82, 2.24) is 10.5 Å². The topological polar surface area (TPSA) is 58.3 Å². The molecule has 1 aliphatic rings. The van der Waals surface area contributed by atoms with Crippen LogP contribution in [-0.2, 0) is 6.42 Å². The lowest BCUT2D eigenvalue weighted by Crippen LogP contribution is -2.25. The standard InChI is InChI=1S/C15H18N2O2/c1-10-13(9-19-17-10)15(18)8-16-14-7-6-11-4-2-3-5-12(11)14/h2-5,9,14-16,18H,6-8H2,1H3/t14-,15?/m0/s1. The number of hydrogen-bond acceptors (Lipinski definition) is 4. The molecule has 0 amide bonds. The SMILES string of the molecule is Cc1nocc1C(O)CN[C@H]1CCc2ccccc21. The van der Waals surface area contributed by atoms with Gasteiger partial charge >= 0.3 is 0 Å². The summed E-state index contributed by atoms with van der Waals surface area (Å²) in [5.41, 5.74) is 4.28. The van der Waals surface area contributed by atoms with Gasteiger partial charge in [-0.3, -0.25) is 0 Å². The van der Waals surface area contributed by atoms with E-state index in [2.05, 4.69) is 34.7 Å². The molecule has 0 saturated carbocycles. The maximum atomic E-state index is 10.1. The maximum Gasteiger partial charge on any atom is 0.129 e. The molecule has 0 saturated heterocycles. The fourth-order valence-electron chi connectivity index (χ4n) is 2.75. The van der Waals surface area contributed by atoms with Crippen LogP contribution in [0.25, 0.3) is 0 Å². The van der Waals surface area contributed by atoms with Crippen LogP contribution in [0, 0.1) is 6.92 Å². The van der Waals surface area contributed by atoms with E-state index >= 15 is 0 Å². The number of aryl methyl sites for hydroxylation is 2. The number of nitrogens with one attached hydrogen (secondary N) is 1. The van der Waals surface area contributed by atoms with E-state index in [1.165, 1.54) is 17.4 Å². The summed E-state index contributed by atoms with van der Waals surface area (Å²) in [5, 5.41) is 17.4. The third-order valence-corrected chi connectivity index (χ3v) is 3.84. The summed E-state index contributed by atoms with van der Waals surface area (Å²) >= 11 is 0. The number of hydrogen-bond donors (Lipinski definition) is 2. The van der Waals surface area contributed by atoms with E-state index in [0.29, 0.717) is 12.6 Å². The number of fused-ring (bicyclic) bond motifs is 1. The van der Waals surface area contributed by atoms with E-state index in [1.807, 2.05) is 6.92 Å². The Bertz CT molecular complexity index is 565. The highest BCUT2D eigenvalue weighted by Gasteiger charge is 2.23. The Balaban J connectivity index is 1.64. The van der Waals surface area contributed by atoms with Crippen LogP contribution in [0.5, 0.6) is 0 Å². The van der Waals surface area contributed by atoms with Gasteiger partial charge in [0.2, 0.25) is 0 Å². The van der Waals surface area contributed by atoms with Gasteiger partial charge in [-0.15, -0.1) is 0 Å². The first-order valence-electron chi connectivity index (χ1n) is 6.66. The van der Waals surface area contributed by atoms with E-state index in [4.69, 9.17) is 4.52 Å². The molecule has 2 N–H and O–H groups in total. The molecule has 0 bridgehead atoms. The minimum Gasteiger partial charge on any atom is -0.387 e. The summed E-state index contributed by atoms with van der Waals surface area (Å²) in [6.45, 7) is 2.36. The molecule has 0 radical (unpaired) electrons. The van der Waals surface area contributed by atoms with Crippen LogP contribution in [0.3, 0.4) is 0 Å². The zero-order valence-corrected chi connectivity index (χ0v) is 11.0. The average molecular weight is 258 g/mol. The van der Waals surface area contributed by atoms with Gasteiger partial charge in [0.1, 0.15) is 6.26 Å². The first-order valence-corrected chi connectivity index (χ1v) is 6.66. The second-order valence-corrected chi connectivity index (χ2v) is 5.07. The maximum absolute atomic E-state index is 10.1. The first kappa shape index (κ1) is 12.4. The van der Waals surface area contributed by atoms with Crippen LogP contribution >= 0.6 is 0 Å². The largest absolute Gasteiger partial charge is 0.387 e. The molecule has 4 heteroatoms. The van der Waals surface area contributed by atoms with Crippen molar-refractivity contribution in [2.75, 3.05) is 6.54 Å². The summed E-state index contributed by atoms with van der Waals surface area (Å²) in [7, 11) is 0. The van der Waals surface area contributed by atoms with Crippen LogP contribution in [0.4, 0.5) is 0 Å². The van der Waals surface area contributed by atoms with E-state index < -0.39 is 6.10 Å². The van der Waals surface area contributed by atoms with Crippen molar-refractivity contribution in [3.05, 3.63) is 52.9 Å². The smallest absolute Gasteiger partial charge is 0.129 e. The molecule has 1 aromatic heterocycles.